The summed E-state index contributed by atoms with van der Waals surface area (Å²) < 4.78 is 5.57. The van der Waals surface area contributed by atoms with Crippen LogP contribution in [0.2, 0.25) is 0 Å². The van der Waals surface area contributed by atoms with E-state index in [4.69, 9.17) is 9.57 Å². The number of likely N-dealkylation sites (tertiary alicyclic amines) is 1. The number of hydrogen-bond donors (Lipinski definition) is 0. The minimum absolute atomic E-state index is 0.0269. The van der Waals surface area contributed by atoms with Gasteiger partial charge in [-0.3, -0.25) is 4.79 Å². The number of esters is 1. The van der Waals surface area contributed by atoms with Crippen molar-refractivity contribution in [1.29, 1.82) is 0 Å². The second kappa shape index (κ2) is 12.4. The summed E-state index contributed by atoms with van der Waals surface area (Å²) >= 11 is 0. The molecule has 1 fully saturated rings. The van der Waals surface area contributed by atoms with Crippen LogP contribution in [0.4, 0.5) is 0 Å². The molecule has 2 aliphatic heterocycles. The third kappa shape index (κ3) is 7.04. The molecule has 3 rings (SSSR count). The van der Waals surface area contributed by atoms with Crippen LogP contribution in [0.25, 0.3) is 0 Å². The summed E-state index contributed by atoms with van der Waals surface area (Å²) in [6, 6.07) is 2.03. The van der Waals surface area contributed by atoms with Crippen molar-refractivity contribution in [2.45, 2.75) is 65.7 Å². The average molecular weight is 453 g/mol. The summed E-state index contributed by atoms with van der Waals surface area (Å²) in [7, 11) is 0. The third-order valence-electron chi connectivity index (χ3n) is 6.31. The Labute approximate surface area is 197 Å². The van der Waals surface area contributed by atoms with E-state index in [1.165, 1.54) is 6.42 Å². The summed E-state index contributed by atoms with van der Waals surface area (Å²) in [5.74, 6) is -0.332. The lowest BCUT2D eigenvalue weighted by Gasteiger charge is -2.26. The molecule has 6 heteroatoms. The monoisotopic (exact) mass is 452 g/mol. The van der Waals surface area contributed by atoms with E-state index < -0.39 is 0 Å². The highest BCUT2D eigenvalue weighted by molar-refractivity contribution is 6.00. The van der Waals surface area contributed by atoms with Crippen molar-refractivity contribution in [3.05, 3.63) is 58.2 Å². The van der Waals surface area contributed by atoms with Gasteiger partial charge >= 0.3 is 5.97 Å². The van der Waals surface area contributed by atoms with Crippen LogP contribution in [0.1, 0.15) is 71.1 Å². The van der Waals surface area contributed by atoms with Gasteiger partial charge in [-0.25, -0.2) is 4.79 Å². The number of rotatable bonds is 3. The molecule has 0 saturated carbocycles. The van der Waals surface area contributed by atoms with E-state index in [-0.39, 0.29) is 18.5 Å². The van der Waals surface area contributed by atoms with Crippen molar-refractivity contribution in [3.63, 3.8) is 0 Å². The van der Waals surface area contributed by atoms with E-state index in [0.29, 0.717) is 30.7 Å². The Hall–Kier alpha value is -2.89. The van der Waals surface area contributed by atoms with Gasteiger partial charge in [0.2, 0.25) is 0 Å². The molecule has 0 spiro atoms. The van der Waals surface area contributed by atoms with E-state index in [1.54, 1.807) is 0 Å². The maximum atomic E-state index is 13.0. The molecule has 1 amide bonds. The summed E-state index contributed by atoms with van der Waals surface area (Å²) in [6.07, 6.45) is 14.3. The first kappa shape index (κ1) is 24.7. The van der Waals surface area contributed by atoms with E-state index in [9.17, 15) is 9.59 Å². The quantitative estimate of drug-likeness (QED) is 0.368. The molecule has 0 unspecified atom stereocenters. The van der Waals surface area contributed by atoms with Gasteiger partial charge in [0.15, 0.2) is 6.61 Å². The second-order valence-corrected chi connectivity index (χ2v) is 8.84. The fraction of sp³-hybridized carbons (Fsp3) is 0.519. The molecule has 1 aromatic carbocycles. The maximum Gasteiger partial charge on any atom is 0.338 e. The number of hydrogen-bond acceptors (Lipinski definition) is 5. The lowest BCUT2D eigenvalue weighted by atomic mass is 9.90. The maximum absolute atomic E-state index is 13.0. The van der Waals surface area contributed by atoms with Crippen molar-refractivity contribution in [2.24, 2.45) is 5.16 Å². The SMILES string of the molecule is Cc1cc(C)c2c(c1C)CC(=NOCC(=O)N1CCCCC1)/C=C/CC/C=C/CCOC2=O. The normalized spacial score (nSPS) is 21.0. The number of piperidine rings is 1. The van der Waals surface area contributed by atoms with Crippen molar-refractivity contribution in [2.75, 3.05) is 26.3 Å². The number of ether oxygens (including phenoxy) is 1. The fourth-order valence-corrected chi connectivity index (χ4v) is 4.32. The fourth-order valence-electron chi connectivity index (χ4n) is 4.32. The zero-order valence-electron chi connectivity index (χ0n) is 20.2. The standard InChI is InChI=1S/C27H36N2O4/c1-20-17-21(2)26-24(22(20)3)18-23(13-9-6-4-5-7-12-16-32-27(26)31)28-33-19-25(30)29-14-10-8-11-15-29/h5,7,9,13,17H,4,6,8,10-12,14-16,18-19H2,1-3H3/b7-5+,13-9+,28-23?. The zero-order chi connectivity index (χ0) is 23.6. The lowest BCUT2D eigenvalue weighted by molar-refractivity contribution is -0.137. The number of benzene rings is 1. The molecule has 1 saturated heterocycles. The summed E-state index contributed by atoms with van der Waals surface area (Å²) in [5, 5.41) is 4.32. The molecular formula is C27H36N2O4. The number of allylic oxidation sites excluding steroid dienone is 3. The van der Waals surface area contributed by atoms with Crippen LogP contribution in [-0.2, 0) is 20.8 Å². The molecule has 0 radical (unpaired) electrons. The van der Waals surface area contributed by atoms with Crippen molar-refractivity contribution in [3.8, 4) is 0 Å². The summed E-state index contributed by atoms with van der Waals surface area (Å²) in [5.41, 5.74) is 5.25. The number of fused-ring (bicyclic) bond motifs is 1. The minimum atomic E-state index is -0.305. The van der Waals surface area contributed by atoms with E-state index >= 15 is 0 Å². The van der Waals surface area contributed by atoms with Gasteiger partial charge in [-0.15, -0.1) is 0 Å². The van der Waals surface area contributed by atoms with Crippen molar-refractivity contribution in [1.82, 2.24) is 4.90 Å². The lowest BCUT2D eigenvalue weighted by Crippen LogP contribution is -2.37. The Kier molecular flexibility index (Phi) is 9.28. The van der Waals surface area contributed by atoms with E-state index in [1.807, 2.05) is 43.9 Å². The summed E-state index contributed by atoms with van der Waals surface area (Å²) in [6.45, 7) is 7.88. The first-order valence-electron chi connectivity index (χ1n) is 12.0. The number of carbonyl (C=O) groups is 2. The number of cyclic esters (lactones) is 1. The number of nitrogens with zero attached hydrogens (tertiary/aromatic N) is 2. The highest BCUT2D eigenvalue weighted by Crippen LogP contribution is 2.25. The van der Waals surface area contributed by atoms with Gasteiger partial charge in [-0.1, -0.05) is 29.5 Å². The molecule has 2 aliphatic rings. The van der Waals surface area contributed by atoms with Crippen LogP contribution in [-0.4, -0.2) is 48.8 Å². The molecule has 2 heterocycles. The minimum Gasteiger partial charge on any atom is -0.462 e. The number of oxime groups is 1. The molecule has 178 valence electrons. The van der Waals surface area contributed by atoms with Crippen LogP contribution in [0.5, 0.6) is 0 Å². The Morgan fingerprint density at radius 3 is 2.55 bits per heavy atom. The number of carbonyl (C=O) groups excluding carboxylic acids is 2. The topological polar surface area (TPSA) is 68.2 Å². The Bertz CT molecular complexity index is 940. The molecule has 33 heavy (non-hydrogen) atoms. The van der Waals surface area contributed by atoms with Gasteiger partial charge in [0.25, 0.3) is 5.91 Å². The average Bonchev–Trinajstić information content (AvgIpc) is 2.80. The molecule has 0 aromatic heterocycles. The van der Waals surface area contributed by atoms with Crippen LogP contribution < -0.4 is 0 Å². The molecule has 0 atom stereocenters. The van der Waals surface area contributed by atoms with Crippen LogP contribution >= 0.6 is 0 Å². The van der Waals surface area contributed by atoms with E-state index in [2.05, 4.69) is 17.3 Å². The highest BCUT2D eigenvalue weighted by Gasteiger charge is 2.21. The van der Waals surface area contributed by atoms with Gasteiger partial charge in [-0.05, 0) is 87.6 Å². The largest absolute Gasteiger partial charge is 0.462 e. The first-order valence-corrected chi connectivity index (χ1v) is 12.0. The molecule has 6 nitrogen and oxygen atoms in total. The van der Waals surface area contributed by atoms with Crippen LogP contribution in [0, 0.1) is 20.8 Å². The zero-order valence-corrected chi connectivity index (χ0v) is 20.2. The molecule has 0 N–H and O–H groups in total. The molecule has 1 aromatic rings. The highest BCUT2D eigenvalue weighted by atomic mass is 16.6. The number of aryl methyl sites for hydroxylation is 2. The van der Waals surface area contributed by atoms with Gasteiger partial charge in [0.05, 0.1) is 17.9 Å². The van der Waals surface area contributed by atoms with Gasteiger partial charge in [0.1, 0.15) is 0 Å². The first-order chi connectivity index (χ1) is 16.0. The Balaban J connectivity index is 1.86. The Morgan fingerprint density at radius 1 is 1.03 bits per heavy atom. The van der Waals surface area contributed by atoms with Crippen molar-refractivity contribution < 1.29 is 19.2 Å². The second-order valence-electron chi connectivity index (χ2n) is 8.84. The predicted octanol–water partition coefficient (Wildman–Crippen LogP) is 4.99. The van der Waals surface area contributed by atoms with Gasteiger partial charge in [0, 0.05) is 19.5 Å². The molecule has 0 bridgehead atoms. The smallest absolute Gasteiger partial charge is 0.338 e. The third-order valence-corrected chi connectivity index (χ3v) is 6.31. The van der Waals surface area contributed by atoms with Crippen molar-refractivity contribution >= 4 is 17.6 Å². The van der Waals surface area contributed by atoms with E-state index in [0.717, 1.165) is 61.0 Å². The number of amides is 1. The molecular weight excluding hydrogens is 416 g/mol. The Morgan fingerprint density at radius 2 is 1.76 bits per heavy atom. The van der Waals surface area contributed by atoms with Crippen LogP contribution in [0.15, 0.2) is 35.5 Å². The van der Waals surface area contributed by atoms with Gasteiger partial charge in [-0.2, -0.15) is 0 Å². The predicted molar refractivity (Wildman–Crippen MR) is 131 cm³/mol. The van der Waals surface area contributed by atoms with Gasteiger partial charge < -0.3 is 14.5 Å². The molecule has 0 aliphatic carbocycles. The van der Waals surface area contributed by atoms with Crippen LogP contribution in [0.3, 0.4) is 0 Å². The summed E-state index contributed by atoms with van der Waals surface area (Å²) in [4.78, 5) is 32.8.